The number of morpholine rings is 1. The molecule has 1 atom stereocenters. The third-order valence-electron chi connectivity index (χ3n) is 3.82. The van der Waals surface area contributed by atoms with Gasteiger partial charge in [-0.1, -0.05) is 12.1 Å². The van der Waals surface area contributed by atoms with E-state index in [4.69, 9.17) is 4.74 Å². The van der Waals surface area contributed by atoms with Crippen molar-refractivity contribution >= 4 is 5.91 Å². The van der Waals surface area contributed by atoms with Crippen LogP contribution in [-0.2, 0) is 11.8 Å². The smallest absolute Gasteiger partial charge is 0.272 e. The van der Waals surface area contributed by atoms with Crippen LogP contribution in [0.4, 0.5) is 0 Å². The van der Waals surface area contributed by atoms with E-state index in [2.05, 4.69) is 5.10 Å². The zero-order valence-electron chi connectivity index (χ0n) is 12.7. The first-order valence-electron chi connectivity index (χ1n) is 7.25. The molecule has 1 aliphatic rings. The summed E-state index contributed by atoms with van der Waals surface area (Å²) in [6, 6.07) is 8.76. The number of amides is 1. The topological polar surface area (TPSA) is 67.6 Å². The SMILES string of the molecule is Cc1cc(C(=O)N2CCO[C@@H](c3cccc(O)c3)C2)n(C)n1. The molecule has 1 aromatic carbocycles. The normalized spacial score (nSPS) is 18.5. The predicted octanol–water partition coefficient (Wildman–Crippen LogP) is 1.65. The maximum Gasteiger partial charge on any atom is 0.272 e. The molecule has 0 unspecified atom stereocenters. The van der Waals surface area contributed by atoms with Crippen LogP contribution >= 0.6 is 0 Å². The van der Waals surface area contributed by atoms with E-state index in [1.165, 1.54) is 0 Å². The van der Waals surface area contributed by atoms with Gasteiger partial charge in [0.1, 0.15) is 17.5 Å². The molecule has 1 aromatic heterocycles. The number of phenols is 1. The number of carbonyl (C=O) groups excluding carboxylic acids is 1. The van der Waals surface area contributed by atoms with E-state index in [1.54, 1.807) is 40.9 Å². The van der Waals surface area contributed by atoms with Gasteiger partial charge in [-0.15, -0.1) is 0 Å². The highest BCUT2D eigenvalue weighted by Gasteiger charge is 2.27. The van der Waals surface area contributed by atoms with Crippen molar-refractivity contribution in [2.45, 2.75) is 13.0 Å². The van der Waals surface area contributed by atoms with Crippen molar-refractivity contribution in [3.63, 3.8) is 0 Å². The van der Waals surface area contributed by atoms with Gasteiger partial charge in [0.15, 0.2) is 0 Å². The molecule has 116 valence electrons. The molecule has 22 heavy (non-hydrogen) atoms. The zero-order valence-corrected chi connectivity index (χ0v) is 12.7. The fourth-order valence-electron chi connectivity index (χ4n) is 2.73. The molecule has 0 aliphatic carbocycles. The van der Waals surface area contributed by atoms with E-state index in [1.807, 2.05) is 13.0 Å². The molecule has 1 aliphatic heterocycles. The fourth-order valence-corrected chi connectivity index (χ4v) is 2.73. The van der Waals surface area contributed by atoms with E-state index in [0.29, 0.717) is 25.4 Å². The molecular weight excluding hydrogens is 282 g/mol. The van der Waals surface area contributed by atoms with Crippen molar-refractivity contribution in [1.29, 1.82) is 0 Å². The Bertz CT molecular complexity index is 696. The quantitative estimate of drug-likeness (QED) is 0.916. The maximum absolute atomic E-state index is 12.6. The van der Waals surface area contributed by atoms with Crippen molar-refractivity contribution in [1.82, 2.24) is 14.7 Å². The minimum absolute atomic E-state index is 0.0449. The first-order valence-corrected chi connectivity index (χ1v) is 7.25. The van der Waals surface area contributed by atoms with E-state index in [-0.39, 0.29) is 17.8 Å². The summed E-state index contributed by atoms with van der Waals surface area (Å²) < 4.78 is 7.35. The third kappa shape index (κ3) is 2.82. The number of aryl methyl sites for hydroxylation is 2. The van der Waals surface area contributed by atoms with Crippen LogP contribution in [0.3, 0.4) is 0 Å². The van der Waals surface area contributed by atoms with Gasteiger partial charge in [-0.25, -0.2) is 0 Å². The van der Waals surface area contributed by atoms with Crippen molar-refractivity contribution in [3.8, 4) is 5.75 Å². The molecule has 0 spiro atoms. The number of aromatic hydroxyl groups is 1. The Morgan fingerprint density at radius 1 is 1.41 bits per heavy atom. The van der Waals surface area contributed by atoms with E-state index in [9.17, 15) is 9.90 Å². The number of carbonyl (C=O) groups is 1. The average molecular weight is 301 g/mol. The Kier molecular flexibility index (Phi) is 3.85. The van der Waals surface area contributed by atoms with Crippen LogP contribution in [0.15, 0.2) is 30.3 Å². The molecule has 1 N–H and O–H groups in total. The third-order valence-corrected chi connectivity index (χ3v) is 3.82. The fraction of sp³-hybridized carbons (Fsp3) is 0.375. The monoisotopic (exact) mass is 301 g/mol. The molecule has 2 aromatic rings. The zero-order chi connectivity index (χ0) is 15.7. The summed E-state index contributed by atoms with van der Waals surface area (Å²) in [6.45, 7) is 3.36. The number of hydrogen-bond donors (Lipinski definition) is 1. The Hall–Kier alpha value is -2.34. The second kappa shape index (κ2) is 5.81. The summed E-state index contributed by atoms with van der Waals surface area (Å²) >= 11 is 0. The number of ether oxygens (including phenoxy) is 1. The van der Waals surface area contributed by atoms with Crippen LogP contribution in [0.2, 0.25) is 0 Å². The Morgan fingerprint density at radius 2 is 2.23 bits per heavy atom. The lowest BCUT2D eigenvalue weighted by molar-refractivity contribution is -0.0232. The molecule has 0 bridgehead atoms. The minimum Gasteiger partial charge on any atom is -0.508 e. The first kappa shape index (κ1) is 14.6. The lowest BCUT2D eigenvalue weighted by Gasteiger charge is -2.33. The van der Waals surface area contributed by atoms with Crippen LogP contribution in [0, 0.1) is 6.92 Å². The highest BCUT2D eigenvalue weighted by Crippen LogP contribution is 2.25. The predicted molar refractivity (Wildman–Crippen MR) is 80.6 cm³/mol. The number of phenolic OH excluding ortho intramolecular Hbond substituents is 1. The molecule has 3 rings (SSSR count). The minimum atomic E-state index is -0.223. The standard InChI is InChI=1S/C16H19N3O3/c1-11-8-14(18(2)17-11)16(21)19-6-7-22-15(10-19)12-4-3-5-13(20)9-12/h3-5,8-9,15,20H,6-7,10H2,1-2H3/t15-/m1/s1. The number of hydrogen-bond acceptors (Lipinski definition) is 4. The Labute approximate surface area is 128 Å². The van der Waals surface area contributed by atoms with Crippen molar-refractivity contribution in [2.24, 2.45) is 7.05 Å². The van der Waals surface area contributed by atoms with Gasteiger partial charge in [-0.2, -0.15) is 5.10 Å². The van der Waals surface area contributed by atoms with Gasteiger partial charge in [0.05, 0.1) is 18.8 Å². The van der Waals surface area contributed by atoms with Gasteiger partial charge in [0, 0.05) is 13.6 Å². The van der Waals surface area contributed by atoms with Crippen LogP contribution in [0.1, 0.15) is 27.8 Å². The molecule has 1 fully saturated rings. The second-order valence-electron chi connectivity index (χ2n) is 5.50. The molecule has 6 nitrogen and oxygen atoms in total. The Balaban J connectivity index is 1.78. The second-order valence-corrected chi connectivity index (χ2v) is 5.50. The van der Waals surface area contributed by atoms with Crippen molar-refractivity contribution in [2.75, 3.05) is 19.7 Å². The summed E-state index contributed by atoms with van der Waals surface area (Å²) in [5, 5.41) is 13.8. The van der Waals surface area contributed by atoms with Crippen molar-refractivity contribution < 1.29 is 14.6 Å². The lowest BCUT2D eigenvalue weighted by Crippen LogP contribution is -2.42. The molecule has 1 amide bonds. The van der Waals surface area contributed by atoms with E-state index < -0.39 is 0 Å². The summed E-state index contributed by atoms with van der Waals surface area (Å²) in [5.41, 5.74) is 2.27. The molecule has 0 saturated carbocycles. The van der Waals surface area contributed by atoms with Gasteiger partial charge >= 0.3 is 0 Å². The van der Waals surface area contributed by atoms with Crippen LogP contribution in [0.25, 0.3) is 0 Å². The Morgan fingerprint density at radius 3 is 2.91 bits per heavy atom. The van der Waals surface area contributed by atoms with Gasteiger partial charge in [0.25, 0.3) is 5.91 Å². The summed E-state index contributed by atoms with van der Waals surface area (Å²) in [7, 11) is 1.77. The molecule has 0 radical (unpaired) electrons. The van der Waals surface area contributed by atoms with Gasteiger partial charge in [-0.3, -0.25) is 9.48 Å². The summed E-state index contributed by atoms with van der Waals surface area (Å²) in [5.74, 6) is 0.156. The number of benzene rings is 1. The van der Waals surface area contributed by atoms with Gasteiger partial charge in [0.2, 0.25) is 0 Å². The van der Waals surface area contributed by atoms with Gasteiger partial charge < -0.3 is 14.7 Å². The van der Waals surface area contributed by atoms with E-state index in [0.717, 1.165) is 11.3 Å². The van der Waals surface area contributed by atoms with Crippen molar-refractivity contribution in [3.05, 3.63) is 47.3 Å². The average Bonchev–Trinajstić information content (AvgIpc) is 2.85. The summed E-state index contributed by atoms with van der Waals surface area (Å²) in [4.78, 5) is 14.4. The highest BCUT2D eigenvalue weighted by atomic mass is 16.5. The first-order chi connectivity index (χ1) is 10.5. The molecule has 2 heterocycles. The van der Waals surface area contributed by atoms with Crippen LogP contribution < -0.4 is 0 Å². The largest absolute Gasteiger partial charge is 0.508 e. The maximum atomic E-state index is 12.6. The van der Waals surface area contributed by atoms with Crippen LogP contribution in [0.5, 0.6) is 5.75 Å². The molecule has 6 heteroatoms. The lowest BCUT2D eigenvalue weighted by atomic mass is 10.1. The number of nitrogens with zero attached hydrogens (tertiary/aromatic N) is 3. The van der Waals surface area contributed by atoms with Gasteiger partial charge in [-0.05, 0) is 30.7 Å². The highest BCUT2D eigenvalue weighted by molar-refractivity contribution is 5.92. The number of rotatable bonds is 2. The van der Waals surface area contributed by atoms with E-state index >= 15 is 0 Å². The molecular formula is C16H19N3O3. The summed E-state index contributed by atoms with van der Waals surface area (Å²) in [6.07, 6.45) is -0.223. The molecule has 1 saturated heterocycles. The number of aromatic nitrogens is 2. The van der Waals surface area contributed by atoms with Crippen LogP contribution in [-0.4, -0.2) is 45.4 Å².